The van der Waals surface area contributed by atoms with Crippen molar-refractivity contribution in [3.05, 3.63) is 41.4 Å². The van der Waals surface area contributed by atoms with E-state index in [4.69, 9.17) is 15.2 Å². The number of primary amides is 1. The molecule has 0 spiro atoms. The molecule has 2 aliphatic heterocycles. The third-order valence-electron chi connectivity index (χ3n) is 3.77. The summed E-state index contributed by atoms with van der Waals surface area (Å²) in [6, 6.07) is 5.06. The summed E-state index contributed by atoms with van der Waals surface area (Å²) >= 11 is 0. The van der Waals surface area contributed by atoms with Crippen LogP contribution in [-0.2, 0) is 4.79 Å². The molecule has 8 heteroatoms. The fourth-order valence-corrected chi connectivity index (χ4v) is 2.80. The minimum absolute atomic E-state index is 0.192. The largest absolute Gasteiger partial charge is 0.454 e. The molecule has 1 amide bonds. The fourth-order valence-electron chi connectivity index (χ4n) is 2.80. The number of amides is 1. The van der Waals surface area contributed by atoms with Gasteiger partial charge in [0.25, 0.3) is 0 Å². The first-order valence-electron chi connectivity index (χ1n) is 6.72. The zero-order valence-corrected chi connectivity index (χ0v) is 11.7. The Morgan fingerprint density at radius 3 is 3.05 bits per heavy atom. The molecule has 3 heterocycles. The Morgan fingerprint density at radius 1 is 1.41 bits per heavy atom. The number of nitrogens with two attached hydrogens (primary N) is 1. The first-order valence-corrected chi connectivity index (χ1v) is 6.72. The molecule has 22 heavy (non-hydrogen) atoms. The van der Waals surface area contributed by atoms with E-state index >= 15 is 0 Å². The van der Waals surface area contributed by atoms with Crippen LogP contribution in [-0.4, -0.2) is 27.5 Å². The van der Waals surface area contributed by atoms with E-state index in [1.54, 1.807) is 11.6 Å². The fraction of sp³-hybridized carbons (Fsp3) is 0.214. The highest BCUT2D eigenvalue weighted by atomic mass is 16.7. The van der Waals surface area contributed by atoms with Crippen molar-refractivity contribution in [2.75, 3.05) is 12.1 Å². The molecule has 0 radical (unpaired) electrons. The van der Waals surface area contributed by atoms with Crippen LogP contribution in [0.4, 0.5) is 5.95 Å². The molecule has 0 unspecified atom stereocenters. The van der Waals surface area contributed by atoms with E-state index in [1.807, 2.05) is 18.2 Å². The molecule has 1 aromatic carbocycles. The molecule has 1 atom stereocenters. The smallest absolute Gasteiger partial charge is 0.248 e. The Hall–Kier alpha value is -3.03. The standard InChI is InChI=1S/C14H13N5O3/c1-7-11(13(15)20)12(19-14(18-7)16-5-17-19)8-2-3-9-10(4-8)22-6-21-9/h2-5,12H,6H2,1H3,(H2,15,20)(H,16,17,18)/t12-/m1/s1. The normalized spacial score (nSPS) is 18.9. The molecule has 3 N–H and O–H groups in total. The molecule has 2 aliphatic rings. The van der Waals surface area contributed by atoms with Crippen LogP contribution < -0.4 is 20.5 Å². The van der Waals surface area contributed by atoms with E-state index in [1.165, 1.54) is 6.33 Å². The Kier molecular flexibility index (Phi) is 2.59. The second-order valence-electron chi connectivity index (χ2n) is 5.07. The van der Waals surface area contributed by atoms with E-state index in [-0.39, 0.29) is 6.79 Å². The molecular formula is C14H13N5O3. The van der Waals surface area contributed by atoms with Crippen LogP contribution in [0.3, 0.4) is 0 Å². The van der Waals surface area contributed by atoms with Crippen LogP contribution in [0.2, 0.25) is 0 Å². The second-order valence-corrected chi connectivity index (χ2v) is 5.07. The van der Waals surface area contributed by atoms with Crippen molar-refractivity contribution in [1.29, 1.82) is 0 Å². The number of hydrogen-bond donors (Lipinski definition) is 2. The van der Waals surface area contributed by atoms with Crippen molar-refractivity contribution >= 4 is 11.9 Å². The van der Waals surface area contributed by atoms with Crippen LogP contribution >= 0.6 is 0 Å². The number of rotatable bonds is 2. The summed E-state index contributed by atoms with van der Waals surface area (Å²) in [5, 5.41) is 7.24. The summed E-state index contributed by atoms with van der Waals surface area (Å²) in [6.45, 7) is 1.98. The van der Waals surface area contributed by atoms with Gasteiger partial charge in [0.2, 0.25) is 18.6 Å². The zero-order chi connectivity index (χ0) is 15.3. The number of ether oxygens (including phenoxy) is 2. The molecule has 0 saturated heterocycles. The maximum atomic E-state index is 11.9. The monoisotopic (exact) mass is 299 g/mol. The first-order chi connectivity index (χ1) is 10.6. The van der Waals surface area contributed by atoms with Gasteiger partial charge < -0.3 is 20.5 Å². The highest BCUT2D eigenvalue weighted by Gasteiger charge is 2.33. The Bertz CT molecular complexity index is 811. The summed E-state index contributed by atoms with van der Waals surface area (Å²) in [5.41, 5.74) is 7.50. The average molecular weight is 299 g/mol. The van der Waals surface area contributed by atoms with Crippen molar-refractivity contribution in [2.45, 2.75) is 13.0 Å². The lowest BCUT2D eigenvalue weighted by Gasteiger charge is -2.27. The van der Waals surface area contributed by atoms with Crippen molar-refractivity contribution < 1.29 is 14.3 Å². The average Bonchev–Trinajstić information content (AvgIpc) is 3.12. The molecule has 1 aromatic heterocycles. The van der Waals surface area contributed by atoms with Gasteiger partial charge in [0, 0.05) is 5.70 Å². The van der Waals surface area contributed by atoms with Gasteiger partial charge in [-0.3, -0.25) is 4.79 Å². The number of nitrogens with one attached hydrogen (secondary N) is 1. The van der Waals surface area contributed by atoms with E-state index < -0.39 is 11.9 Å². The van der Waals surface area contributed by atoms with Gasteiger partial charge in [-0.1, -0.05) is 6.07 Å². The number of carbonyl (C=O) groups excluding carboxylic acids is 1. The molecular weight excluding hydrogens is 286 g/mol. The van der Waals surface area contributed by atoms with Gasteiger partial charge in [0.05, 0.1) is 5.57 Å². The number of benzene rings is 1. The van der Waals surface area contributed by atoms with Crippen molar-refractivity contribution in [3.8, 4) is 11.5 Å². The van der Waals surface area contributed by atoms with E-state index in [0.717, 1.165) is 5.56 Å². The number of aromatic nitrogens is 3. The predicted octanol–water partition coefficient (Wildman–Crippen LogP) is 0.781. The van der Waals surface area contributed by atoms with Crippen molar-refractivity contribution in [2.24, 2.45) is 5.73 Å². The summed E-state index contributed by atoms with van der Waals surface area (Å²) < 4.78 is 12.4. The van der Waals surface area contributed by atoms with Gasteiger partial charge in [0.15, 0.2) is 11.5 Å². The minimum atomic E-state index is -0.506. The summed E-state index contributed by atoms with van der Waals surface area (Å²) in [4.78, 5) is 16.1. The lowest BCUT2D eigenvalue weighted by molar-refractivity contribution is -0.115. The number of fused-ring (bicyclic) bond motifs is 2. The highest BCUT2D eigenvalue weighted by Crippen LogP contribution is 2.39. The lowest BCUT2D eigenvalue weighted by atomic mass is 9.95. The van der Waals surface area contributed by atoms with E-state index in [0.29, 0.717) is 28.7 Å². The van der Waals surface area contributed by atoms with Crippen LogP contribution in [0.25, 0.3) is 0 Å². The first kappa shape index (κ1) is 12.7. The van der Waals surface area contributed by atoms with Crippen molar-refractivity contribution in [3.63, 3.8) is 0 Å². The summed E-state index contributed by atoms with van der Waals surface area (Å²) in [6.07, 6.45) is 1.43. The number of allylic oxidation sites excluding steroid dienone is 1. The van der Waals surface area contributed by atoms with Crippen molar-refractivity contribution in [1.82, 2.24) is 14.8 Å². The number of nitrogens with zero attached hydrogens (tertiary/aromatic N) is 3. The molecule has 2 aromatic rings. The number of carbonyl (C=O) groups is 1. The summed E-state index contributed by atoms with van der Waals surface area (Å²) in [7, 11) is 0. The third kappa shape index (κ3) is 1.73. The molecule has 0 bridgehead atoms. The zero-order valence-electron chi connectivity index (χ0n) is 11.7. The van der Waals surface area contributed by atoms with Crippen LogP contribution in [0.15, 0.2) is 35.8 Å². The maximum Gasteiger partial charge on any atom is 0.248 e. The Balaban J connectivity index is 1.89. The molecule has 8 nitrogen and oxygen atoms in total. The lowest BCUT2D eigenvalue weighted by Crippen LogP contribution is -2.31. The molecule has 4 rings (SSSR count). The van der Waals surface area contributed by atoms with Crippen LogP contribution in [0, 0.1) is 0 Å². The van der Waals surface area contributed by atoms with Gasteiger partial charge >= 0.3 is 0 Å². The van der Waals surface area contributed by atoms with E-state index in [2.05, 4.69) is 15.4 Å². The van der Waals surface area contributed by atoms with Gasteiger partial charge in [0.1, 0.15) is 12.4 Å². The Morgan fingerprint density at radius 2 is 2.23 bits per heavy atom. The van der Waals surface area contributed by atoms with Crippen LogP contribution in [0.1, 0.15) is 18.5 Å². The third-order valence-corrected chi connectivity index (χ3v) is 3.77. The van der Waals surface area contributed by atoms with Gasteiger partial charge in [-0.05, 0) is 24.6 Å². The van der Waals surface area contributed by atoms with Crippen LogP contribution in [0.5, 0.6) is 11.5 Å². The Labute approximate surface area is 125 Å². The SMILES string of the molecule is CC1=C(C(N)=O)[C@@H](c2ccc3c(c2)OCO3)n2ncnc2N1. The maximum absolute atomic E-state index is 11.9. The highest BCUT2D eigenvalue weighted by molar-refractivity contribution is 5.95. The topological polar surface area (TPSA) is 104 Å². The van der Waals surface area contributed by atoms with Gasteiger partial charge in [-0.25, -0.2) is 4.68 Å². The number of hydrogen-bond acceptors (Lipinski definition) is 6. The molecule has 112 valence electrons. The number of anilines is 1. The quantitative estimate of drug-likeness (QED) is 0.849. The van der Waals surface area contributed by atoms with Gasteiger partial charge in [-0.2, -0.15) is 10.1 Å². The van der Waals surface area contributed by atoms with Gasteiger partial charge in [-0.15, -0.1) is 0 Å². The molecule has 0 saturated carbocycles. The summed E-state index contributed by atoms with van der Waals surface area (Å²) in [5.74, 6) is 1.37. The second kappa shape index (κ2) is 4.48. The minimum Gasteiger partial charge on any atom is -0.454 e. The van der Waals surface area contributed by atoms with E-state index in [9.17, 15) is 4.79 Å². The molecule has 0 aliphatic carbocycles. The predicted molar refractivity (Wildman–Crippen MR) is 76.2 cm³/mol. The molecule has 0 fully saturated rings.